The zero-order valence-electron chi connectivity index (χ0n) is 10.8. The molecule has 1 aromatic carbocycles. The predicted molar refractivity (Wildman–Crippen MR) is 78.5 cm³/mol. The Bertz CT molecular complexity index is 526. The SMILES string of the molecule is CC(C)NS(=O)(=O)CCNC(=O)c1ccc(Br)cc1. The summed E-state index contributed by atoms with van der Waals surface area (Å²) in [6.45, 7) is 3.58. The van der Waals surface area contributed by atoms with Gasteiger partial charge in [0.15, 0.2) is 0 Å². The smallest absolute Gasteiger partial charge is 0.251 e. The molecule has 1 rings (SSSR count). The van der Waals surface area contributed by atoms with E-state index in [-0.39, 0.29) is 24.2 Å². The van der Waals surface area contributed by atoms with E-state index in [4.69, 9.17) is 0 Å². The van der Waals surface area contributed by atoms with Gasteiger partial charge >= 0.3 is 0 Å². The van der Waals surface area contributed by atoms with Gasteiger partial charge in [0.25, 0.3) is 5.91 Å². The van der Waals surface area contributed by atoms with Crippen LogP contribution in [0.3, 0.4) is 0 Å². The van der Waals surface area contributed by atoms with Crippen LogP contribution >= 0.6 is 15.9 Å². The third kappa shape index (κ3) is 6.17. The van der Waals surface area contributed by atoms with Gasteiger partial charge in [0, 0.05) is 22.6 Å². The molecule has 0 bridgehead atoms. The van der Waals surface area contributed by atoms with Gasteiger partial charge in [0.2, 0.25) is 10.0 Å². The molecule has 7 heteroatoms. The second-order valence-electron chi connectivity index (χ2n) is 4.35. The van der Waals surface area contributed by atoms with Gasteiger partial charge in [0.05, 0.1) is 5.75 Å². The van der Waals surface area contributed by atoms with E-state index >= 15 is 0 Å². The first-order valence-corrected chi connectivity index (χ1v) is 8.28. The van der Waals surface area contributed by atoms with Crippen molar-refractivity contribution >= 4 is 31.9 Å². The predicted octanol–water partition coefficient (Wildman–Crippen LogP) is 1.51. The van der Waals surface area contributed by atoms with Gasteiger partial charge in [-0.3, -0.25) is 4.79 Å². The van der Waals surface area contributed by atoms with Crippen LogP contribution in [0.15, 0.2) is 28.7 Å². The highest BCUT2D eigenvalue weighted by Gasteiger charge is 2.12. The molecular formula is C12H17BrN2O3S. The third-order valence-corrected chi connectivity index (χ3v) is 4.28. The van der Waals surface area contributed by atoms with Crippen LogP contribution in [0, 0.1) is 0 Å². The maximum atomic E-state index is 11.7. The molecule has 2 N–H and O–H groups in total. The molecule has 0 saturated heterocycles. The molecule has 0 saturated carbocycles. The Kier molecular flexibility index (Phi) is 5.96. The highest BCUT2D eigenvalue weighted by molar-refractivity contribution is 9.10. The summed E-state index contributed by atoms with van der Waals surface area (Å²) < 4.78 is 26.4. The highest BCUT2D eigenvalue weighted by Crippen LogP contribution is 2.10. The lowest BCUT2D eigenvalue weighted by atomic mass is 10.2. The minimum absolute atomic E-state index is 0.0803. The van der Waals surface area contributed by atoms with E-state index < -0.39 is 10.0 Å². The average molecular weight is 349 g/mol. The Morgan fingerprint density at radius 1 is 1.26 bits per heavy atom. The summed E-state index contributed by atoms with van der Waals surface area (Å²) in [6.07, 6.45) is 0. The fourth-order valence-corrected chi connectivity index (χ4v) is 2.89. The number of rotatable bonds is 6. The first-order valence-electron chi connectivity index (χ1n) is 5.84. The molecule has 1 aromatic rings. The number of amides is 1. The van der Waals surface area contributed by atoms with E-state index in [1.807, 2.05) is 0 Å². The van der Waals surface area contributed by atoms with E-state index in [2.05, 4.69) is 26.0 Å². The lowest BCUT2D eigenvalue weighted by Gasteiger charge is -2.10. The van der Waals surface area contributed by atoms with Crippen molar-refractivity contribution in [3.63, 3.8) is 0 Å². The molecule has 0 aliphatic rings. The van der Waals surface area contributed by atoms with E-state index in [1.54, 1.807) is 38.1 Å². The summed E-state index contributed by atoms with van der Waals surface area (Å²) in [6, 6.07) is 6.70. The molecule has 19 heavy (non-hydrogen) atoms. The average Bonchev–Trinajstić information content (AvgIpc) is 2.27. The Labute approximate surface area is 122 Å². The van der Waals surface area contributed by atoms with Gasteiger partial charge in [-0.05, 0) is 38.1 Å². The zero-order valence-corrected chi connectivity index (χ0v) is 13.2. The molecule has 0 atom stereocenters. The molecular weight excluding hydrogens is 332 g/mol. The molecule has 0 spiro atoms. The molecule has 106 valence electrons. The van der Waals surface area contributed by atoms with E-state index in [1.165, 1.54) is 0 Å². The molecule has 0 unspecified atom stereocenters. The minimum Gasteiger partial charge on any atom is -0.351 e. The normalized spacial score (nSPS) is 11.6. The molecule has 0 heterocycles. The van der Waals surface area contributed by atoms with Crippen molar-refractivity contribution in [3.05, 3.63) is 34.3 Å². The van der Waals surface area contributed by atoms with Crippen molar-refractivity contribution in [3.8, 4) is 0 Å². The van der Waals surface area contributed by atoms with E-state index in [0.29, 0.717) is 5.56 Å². The van der Waals surface area contributed by atoms with Gasteiger partial charge in [-0.1, -0.05) is 15.9 Å². The van der Waals surface area contributed by atoms with Crippen LogP contribution in [-0.2, 0) is 10.0 Å². The molecule has 0 fully saturated rings. The van der Waals surface area contributed by atoms with Crippen molar-refractivity contribution in [2.45, 2.75) is 19.9 Å². The number of benzene rings is 1. The number of hydrogen-bond donors (Lipinski definition) is 2. The number of hydrogen-bond acceptors (Lipinski definition) is 3. The van der Waals surface area contributed by atoms with Crippen LogP contribution < -0.4 is 10.0 Å². The van der Waals surface area contributed by atoms with Crippen molar-refractivity contribution in [2.75, 3.05) is 12.3 Å². The third-order valence-electron chi connectivity index (χ3n) is 2.18. The Morgan fingerprint density at radius 2 is 1.84 bits per heavy atom. The van der Waals surface area contributed by atoms with Gasteiger partial charge in [0.1, 0.15) is 0 Å². The number of halogens is 1. The summed E-state index contributed by atoms with van der Waals surface area (Å²) in [5.41, 5.74) is 0.498. The monoisotopic (exact) mass is 348 g/mol. The first-order chi connectivity index (χ1) is 8.80. The van der Waals surface area contributed by atoms with Crippen molar-refractivity contribution < 1.29 is 13.2 Å². The topological polar surface area (TPSA) is 75.3 Å². The largest absolute Gasteiger partial charge is 0.351 e. The Morgan fingerprint density at radius 3 is 2.37 bits per heavy atom. The molecule has 0 aromatic heterocycles. The summed E-state index contributed by atoms with van der Waals surface area (Å²) in [5, 5.41) is 2.57. The summed E-state index contributed by atoms with van der Waals surface area (Å²) in [7, 11) is -3.34. The van der Waals surface area contributed by atoms with Crippen LogP contribution in [0.5, 0.6) is 0 Å². The van der Waals surface area contributed by atoms with Crippen molar-refractivity contribution in [2.24, 2.45) is 0 Å². The number of carbonyl (C=O) groups is 1. The fraction of sp³-hybridized carbons (Fsp3) is 0.417. The van der Waals surface area contributed by atoms with Crippen LogP contribution in [0.2, 0.25) is 0 Å². The van der Waals surface area contributed by atoms with Gasteiger partial charge in [-0.2, -0.15) is 0 Å². The molecule has 0 radical (unpaired) electrons. The zero-order chi connectivity index (χ0) is 14.5. The number of sulfonamides is 1. The van der Waals surface area contributed by atoms with Crippen LogP contribution in [0.4, 0.5) is 0 Å². The van der Waals surface area contributed by atoms with E-state index in [9.17, 15) is 13.2 Å². The second kappa shape index (κ2) is 7.02. The van der Waals surface area contributed by atoms with Gasteiger partial charge in [-0.15, -0.1) is 0 Å². The summed E-state index contributed by atoms with van der Waals surface area (Å²) in [4.78, 5) is 11.7. The molecule has 0 aliphatic carbocycles. The van der Waals surface area contributed by atoms with Gasteiger partial charge in [-0.25, -0.2) is 13.1 Å². The lowest BCUT2D eigenvalue weighted by Crippen LogP contribution is -2.37. The maximum absolute atomic E-state index is 11.7. The van der Waals surface area contributed by atoms with Gasteiger partial charge < -0.3 is 5.32 Å². The Hall–Kier alpha value is -0.920. The van der Waals surface area contributed by atoms with Crippen molar-refractivity contribution in [1.29, 1.82) is 0 Å². The first kappa shape index (κ1) is 16.1. The summed E-state index contributed by atoms with van der Waals surface area (Å²) >= 11 is 3.28. The van der Waals surface area contributed by atoms with Crippen LogP contribution in [0.1, 0.15) is 24.2 Å². The highest BCUT2D eigenvalue weighted by atomic mass is 79.9. The standard InChI is InChI=1S/C12H17BrN2O3S/c1-9(2)15-19(17,18)8-7-14-12(16)10-3-5-11(13)6-4-10/h3-6,9,15H,7-8H2,1-2H3,(H,14,16). The van der Waals surface area contributed by atoms with E-state index in [0.717, 1.165) is 4.47 Å². The quantitative estimate of drug-likeness (QED) is 0.817. The number of carbonyl (C=O) groups excluding carboxylic acids is 1. The fourth-order valence-electron chi connectivity index (χ4n) is 1.42. The Balaban J connectivity index is 2.45. The van der Waals surface area contributed by atoms with Crippen LogP contribution in [0.25, 0.3) is 0 Å². The summed E-state index contributed by atoms with van der Waals surface area (Å²) in [5.74, 6) is -0.416. The van der Waals surface area contributed by atoms with Crippen molar-refractivity contribution in [1.82, 2.24) is 10.0 Å². The number of nitrogens with one attached hydrogen (secondary N) is 2. The maximum Gasteiger partial charge on any atom is 0.251 e. The molecule has 5 nitrogen and oxygen atoms in total. The molecule has 1 amide bonds. The second-order valence-corrected chi connectivity index (χ2v) is 7.14. The molecule has 0 aliphatic heterocycles. The lowest BCUT2D eigenvalue weighted by molar-refractivity contribution is 0.0956. The van der Waals surface area contributed by atoms with Crippen LogP contribution in [-0.4, -0.2) is 32.7 Å². The minimum atomic E-state index is -3.34.